The molecule has 2 aromatic carbocycles. The fourth-order valence-electron chi connectivity index (χ4n) is 4.16. The number of hydrogen-bond donors (Lipinski definition) is 1. The second-order valence-corrected chi connectivity index (χ2v) is 7.71. The third-order valence-electron chi connectivity index (χ3n) is 5.80. The Hall–Kier alpha value is -2.66. The quantitative estimate of drug-likeness (QED) is 0.872. The summed E-state index contributed by atoms with van der Waals surface area (Å²) in [6.45, 7) is 3.43. The number of hydrogen-bond acceptors (Lipinski definition) is 3. The smallest absolute Gasteiger partial charge is 0.249 e. The molecule has 4 rings (SSSR count). The minimum atomic E-state index is -0.393. The van der Waals surface area contributed by atoms with Crippen molar-refractivity contribution in [2.45, 2.75) is 31.8 Å². The molecule has 0 saturated carbocycles. The third-order valence-corrected chi connectivity index (χ3v) is 5.80. The second kappa shape index (κ2) is 8.57. The molecule has 0 aliphatic carbocycles. The van der Waals surface area contributed by atoms with Gasteiger partial charge in [0, 0.05) is 24.7 Å². The van der Waals surface area contributed by atoms with Crippen LogP contribution in [-0.2, 0) is 16.1 Å². The molecule has 5 heteroatoms. The van der Waals surface area contributed by atoms with Gasteiger partial charge in [-0.2, -0.15) is 0 Å². The van der Waals surface area contributed by atoms with Crippen molar-refractivity contribution in [3.05, 3.63) is 66.2 Å². The summed E-state index contributed by atoms with van der Waals surface area (Å²) < 4.78 is 0. The number of rotatable bonds is 5. The van der Waals surface area contributed by atoms with Crippen LogP contribution in [0, 0.1) is 5.92 Å². The lowest BCUT2D eigenvalue weighted by atomic mass is 9.95. The lowest BCUT2D eigenvalue weighted by molar-refractivity contribution is -0.130. The number of nitrogens with one attached hydrogen (secondary N) is 1. The topological polar surface area (TPSA) is 52.7 Å². The molecule has 2 aliphatic rings. The van der Waals surface area contributed by atoms with E-state index in [1.54, 1.807) is 4.90 Å². The summed E-state index contributed by atoms with van der Waals surface area (Å²) in [5.74, 6) is 0.0410. The van der Waals surface area contributed by atoms with Crippen LogP contribution in [0.3, 0.4) is 0 Å². The van der Waals surface area contributed by atoms with Crippen molar-refractivity contribution in [2.24, 2.45) is 5.92 Å². The normalized spacial score (nSPS) is 21.1. The summed E-state index contributed by atoms with van der Waals surface area (Å²) in [7, 11) is 0. The van der Waals surface area contributed by atoms with Gasteiger partial charge in [-0.1, -0.05) is 48.5 Å². The van der Waals surface area contributed by atoms with Crippen LogP contribution >= 0.6 is 0 Å². The summed E-state index contributed by atoms with van der Waals surface area (Å²) in [6.07, 6.45) is 2.37. The third kappa shape index (κ3) is 4.25. The van der Waals surface area contributed by atoms with Crippen LogP contribution in [0.1, 0.15) is 24.8 Å². The Balaban J connectivity index is 1.26. The first kappa shape index (κ1) is 18.7. The van der Waals surface area contributed by atoms with Crippen LogP contribution in [0.25, 0.3) is 0 Å². The van der Waals surface area contributed by atoms with Gasteiger partial charge in [-0.3, -0.25) is 14.5 Å². The molecule has 2 fully saturated rings. The predicted molar refractivity (Wildman–Crippen MR) is 110 cm³/mol. The number of nitrogens with zero attached hydrogens (tertiary/aromatic N) is 2. The first-order chi connectivity index (χ1) is 13.7. The second-order valence-electron chi connectivity index (χ2n) is 7.71. The van der Waals surface area contributed by atoms with E-state index in [1.165, 1.54) is 5.56 Å². The number of piperidine rings is 1. The average Bonchev–Trinajstić information content (AvgIpc) is 3.10. The van der Waals surface area contributed by atoms with Gasteiger partial charge in [0.2, 0.25) is 11.8 Å². The Kier molecular flexibility index (Phi) is 5.72. The van der Waals surface area contributed by atoms with Crippen LogP contribution < -0.4 is 10.2 Å². The highest BCUT2D eigenvalue weighted by Gasteiger charge is 2.35. The highest BCUT2D eigenvalue weighted by molar-refractivity contribution is 6.01. The molecule has 5 nitrogen and oxygen atoms in total. The lowest BCUT2D eigenvalue weighted by Crippen LogP contribution is -2.46. The zero-order chi connectivity index (χ0) is 19.3. The van der Waals surface area contributed by atoms with E-state index in [-0.39, 0.29) is 17.7 Å². The molecule has 1 unspecified atom stereocenters. The molecule has 0 bridgehead atoms. The van der Waals surface area contributed by atoms with Crippen molar-refractivity contribution in [1.29, 1.82) is 0 Å². The first-order valence-corrected chi connectivity index (χ1v) is 10.1. The minimum Gasteiger partial charge on any atom is -0.344 e. The Bertz CT molecular complexity index is 801. The Morgan fingerprint density at radius 3 is 2.21 bits per heavy atom. The van der Waals surface area contributed by atoms with E-state index in [4.69, 9.17) is 0 Å². The standard InChI is InChI=1S/C23H27N3O2/c27-22(19-11-14-25(15-12-19)17-18-7-3-1-4-8-18)24-21-13-16-26(23(21)28)20-9-5-2-6-10-20/h1-10,19,21H,11-17H2,(H,24,27). The van der Waals surface area contributed by atoms with Crippen molar-refractivity contribution < 1.29 is 9.59 Å². The van der Waals surface area contributed by atoms with Crippen LogP contribution in [0.5, 0.6) is 0 Å². The van der Waals surface area contributed by atoms with Crippen molar-refractivity contribution in [1.82, 2.24) is 10.2 Å². The Labute approximate surface area is 166 Å². The van der Waals surface area contributed by atoms with Crippen LogP contribution in [0.2, 0.25) is 0 Å². The predicted octanol–water partition coefficient (Wildman–Crippen LogP) is 2.82. The molecule has 2 heterocycles. The summed E-state index contributed by atoms with van der Waals surface area (Å²) in [5, 5.41) is 3.01. The molecule has 2 aliphatic heterocycles. The van der Waals surface area contributed by atoms with E-state index in [0.717, 1.165) is 38.2 Å². The molecule has 0 spiro atoms. The molecule has 146 valence electrons. The summed E-state index contributed by atoms with van der Waals surface area (Å²) in [5.41, 5.74) is 2.21. The minimum absolute atomic E-state index is 0.000985. The Morgan fingerprint density at radius 1 is 0.893 bits per heavy atom. The summed E-state index contributed by atoms with van der Waals surface area (Å²) >= 11 is 0. The van der Waals surface area contributed by atoms with Gasteiger partial charge < -0.3 is 10.2 Å². The Morgan fingerprint density at radius 2 is 1.54 bits per heavy atom. The fraction of sp³-hybridized carbons (Fsp3) is 0.391. The van der Waals surface area contributed by atoms with Crippen LogP contribution in [0.4, 0.5) is 5.69 Å². The maximum Gasteiger partial charge on any atom is 0.249 e. The monoisotopic (exact) mass is 377 g/mol. The summed E-state index contributed by atoms with van der Waals surface area (Å²) in [6, 6.07) is 19.7. The maximum atomic E-state index is 12.7. The molecule has 28 heavy (non-hydrogen) atoms. The van der Waals surface area contributed by atoms with E-state index in [1.807, 2.05) is 36.4 Å². The number of carbonyl (C=O) groups is 2. The van der Waals surface area contributed by atoms with Gasteiger partial charge in [-0.05, 0) is 50.0 Å². The van der Waals surface area contributed by atoms with Crippen molar-refractivity contribution in [3.8, 4) is 0 Å². The van der Waals surface area contributed by atoms with E-state index in [9.17, 15) is 9.59 Å². The summed E-state index contributed by atoms with van der Waals surface area (Å²) in [4.78, 5) is 29.6. The zero-order valence-electron chi connectivity index (χ0n) is 16.1. The highest BCUT2D eigenvalue weighted by Crippen LogP contribution is 2.23. The highest BCUT2D eigenvalue weighted by atomic mass is 16.2. The van der Waals surface area contributed by atoms with E-state index in [0.29, 0.717) is 13.0 Å². The van der Waals surface area contributed by atoms with E-state index < -0.39 is 6.04 Å². The molecular formula is C23H27N3O2. The van der Waals surface area contributed by atoms with Crippen LogP contribution in [0.15, 0.2) is 60.7 Å². The average molecular weight is 377 g/mol. The van der Waals surface area contributed by atoms with E-state index in [2.05, 4.69) is 34.5 Å². The van der Waals surface area contributed by atoms with Gasteiger partial charge in [-0.25, -0.2) is 0 Å². The molecular weight excluding hydrogens is 350 g/mol. The molecule has 0 aromatic heterocycles. The first-order valence-electron chi connectivity index (χ1n) is 10.1. The molecule has 2 amide bonds. The van der Waals surface area contributed by atoms with E-state index >= 15 is 0 Å². The lowest BCUT2D eigenvalue weighted by Gasteiger charge is -2.31. The van der Waals surface area contributed by atoms with Crippen molar-refractivity contribution in [2.75, 3.05) is 24.5 Å². The number of likely N-dealkylation sites (tertiary alicyclic amines) is 1. The van der Waals surface area contributed by atoms with Gasteiger partial charge in [-0.15, -0.1) is 0 Å². The van der Waals surface area contributed by atoms with Crippen molar-refractivity contribution in [3.63, 3.8) is 0 Å². The van der Waals surface area contributed by atoms with Gasteiger partial charge in [0.15, 0.2) is 0 Å². The number of benzene rings is 2. The van der Waals surface area contributed by atoms with Crippen molar-refractivity contribution >= 4 is 17.5 Å². The molecule has 2 aromatic rings. The SMILES string of the molecule is O=C(NC1CCN(c2ccccc2)C1=O)C1CCN(Cc2ccccc2)CC1. The number of anilines is 1. The van der Waals surface area contributed by atoms with Gasteiger partial charge in [0.05, 0.1) is 0 Å². The molecule has 2 saturated heterocycles. The number of carbonyl (C=O) groups excluding carboxylic acids is 2. The molecule has 1 atom stereocenters. The van der Waals surface area contributed by atoms with Gasteiger partial charge in [0.25, 0.3) is 0 Å². The molecule has 1 N–H and O–H groups in total. The number of para-hydroxylation sites is 1. The largest absolute Gasteiger partial charge is 0.344 e. The van der Waals surface area contributed by atoms with Crippen LogP contribution in [-0.4, -0.2) is 42.4 Å². The maximum absolute atomic E-state index is 12.7. The fourth-order valence-corrected chi connectivity index (χ4v) is 4.16. The molecule has 0 radical (unpaired) electrons. The number of amides is 2. The zero-order valence-corrected chi connectivity index (χ0v) is 16.1. The van der Waals surface area contributed by atoms with Gasteiger partial charge in [0.1, 0.15) is 6.04 Å². The van der Waals surface area contributed by atoms with Gasteiger partial charge >= 0.3 is 0 Å².